The molecule has 0 fully saturated rings. The molecule has 9 nitrogen and oxygen atoms in total. The highest BCUT2D eigenvalue weighted by Gasteiger charge is 2.26. The fourth-order valence-electron chi connectivity index (χ4n) is 10.1. The fourth-order valence-corrected chi connectivity index (χ4v) is 10.8. The summed E-state index contributed by atoms with van der Waals surface area (Å²) in [6.07, 6.45) is 100. The van der Waals surface area contributed by atoms with E-state index in [2.05, 4.69) is 135 Å². The summed E-state index contributed by atoms with van der Waals surface area (Å²) in [5.74, 6) is -0.830. The van der Waals surface area contributed by atoms with Crippen LogP contribution in [0.4, 0.5) is 0 Å². The van der Waals surface area contributed by atoms with Gasteiger partial charge in [-0.25, -0.2) is 4.57 Å². The summed E-state index contributed by atoms with van der Waals surface area (Å²) in [4.78, 5) is 35.4. The van der Waals surface area contributed by atoms with Gasteiger partial charge in [0.1, 0.15) is 6.61 Å². The fraction of sp³-hybridized carbons (Fsp3) is 0.714. The first-order valence-corrected chi connectivity index (χ1v) is 37.5. The van der Waals surface area contributed by atoms with Crippen molar-refractivity contribution in [3.8, 4) is 0 Å². The van der Waals surface area contributed by atoms with E-state index < -0.39 is 26.5 Å². The van der Waals surface area contributed by atoms with Gasteiger partial charge in [-0.2, -0.15) is 0 Å². The van der Waals surface area contributed by atoms with E-state index in [4.69, 9.17) is 24.3 Å². The average Bonchev–Trinajstić information content (AvgIpc) is 3.64. The first kappa shape index (κ1) is 83.4. The molecule has 10 heteroatoms. The smallest absolute Gasteiger partial charge is 0.462 e. The summed E-state index contributed by atoms with van der Waals surface area (Å²) in [5.41, 5.74) is 5.40. The number of nitrogens with two attached hydrogens (primary N) is 1. The van der Waals surface area contributed by atoms with Gasteiger partial charge < -0.3 is 20.1 Å². The first-order valence-electron chi connectivity index (χ1n) is 36.0. The Morgan fingerprint density at radius 2 is 0.632 bits per heavy atom. The highest BCUT2D eigenvalue weighted by atomic mass is 31.2. The summed E-state index contributed by atoms with van der Waals surface area (Å²) >= 11 is 0. The highest BCUT2D eigenvalue weighted by Crippen LogP contribution is 2.43. The maximum Gasteiger partial charge on any atom is 0.472 e. The molecule has 0 saturated heterocycles. The van der Waals surface area contributed by atoms with Gasteiger partial charge in [-0.3, -0.25) is 18.6 Å². The van der Waals surface area contributed by atoms with Crippen LogP contribution in [0.25, 0.3) is 0 Å². The van der Waals surface area contributed by atoms with E-state index in [1.807, 2.05) is 0 Å². The minimum absolute atomic E-state index is 0.0482. The molecule has 0 aliphatic carbocycles. The number of unbranched alkanes of at least 4 members (excludes halogenated alkanes) is 34. The van der Waals surface area contributed by atoms with Gasteiger partial charge in [0.05, 0.1) is 13.2 Å². The topological polar surface area (TPSA) is 134 Å². The molecular weight excluding hydrogens is 1100 g/mol. The summed E-state index contributed by atoms with van der Waals surface area (Å²) < 4.78 is 33.2. The largest absolute Gasteiger partial charge is 0.472 e. The maximum atomic E-state index is 12.8. The molecule has 0 radical (unpaired) electrons. The molecule has 0 heterocycles. The predicted octanol–water partition coefficient (Wildman–Crippen LogP) is 23.9. The molecule has 0 saturated carbocycles. The van der Waals surface area contributed by atoms with Crippen molar-refractivity contribution in [1.29, 1.82) is 0 Å². The SMILES string of the molecule is CC/C=C\C/C=C\C/C=C\C/C=C\C/C=C\C/C=C\C/C=C\C/C=C\C/C=C\C/C=C\CCCCCCCCCCC(=O)OC(COC(=O)CCCCCCCCCCCCCCCCCCCCCCCCCCCCC)COP(=O)(O)OCCN. The van der Waals surface area contributed by atoms with E-state index >= 15 is 0 Å². The van der Waals surface area contributed by atoms with Gasteiger partial charge in [-0.1, -0.05) is 341 Å². The normalized spacial score (nSPS) is 13.7. The van der Waals surface area contributed by atoms with E-state index in [0.29, 0.717) is 6.42 Å². The van der Waals surface area contributed by atoms with Gasteiger partial charge in [0.25, 0.3) is 0 Å². The van der Waals surface area contributed by atoms with Crippen molar-refractivity contribution >= 4 is 19.8 Å². The molecule has 0 aromatic carbocycles. The van der Waals surface area contributed by atoms with Crippen LogP contribution in [0.3, 0.4) is 0 Å². The lowest BCUT2D eigenvalue weighted by molar-refractivity contribution is -0.161. The molecular formula is C77H134NO8P. The third-order valence-electron chi connectivity index (χ3n) is 15.4. The molecule has 2 unspecified atom stereocenters. The molecule has 0 rings (SSSR count). The van der Waals surface area contributed by atoms with Crippen molar-refractivity contribution in [2.24, 2.45) is 5.73 Å². The maximum absolute atomic E-state index is 12.8. The third kappa shape index (κ3) is 71.4. The second kappa shape index (κ2) is 71.5. The van der Waals surface area contributed by atoms with Gasteiger partial charge in [0, 0.05) is 19.4 Å². The zero-order valence-electron chi connectivity index (χ0n) is 56.2. The molecule has 0 aliphatic heterocycles. The molecule has 87 heavy (non-hydrogen) atoms. The number of hydrogen-bond acceptors (Lipinski definition) is 8. The van der Waals surface area contributed by atoms with E-state index in [1.54, 1.807) is 0 Å². The highest BCUT2D eigenvalue weighted by molar-refractivity contribution is 7.47. The van der Waals surface area contributed by atoms with Gasteiger partial charge in [0.2, 0.25) is 0 Å². The predicted molar refractivity (Wildman–Crippen MR) is 376 cm³/mol. The lowest BCUT2D eigenvalue weighted by atomic mass is 10.0. The van der Waals surface area contributed by atoms with Crippen LogP contribution in [0.15, 0.2) is 122 Å². The number of phosphoric acid groups is 1. The molecule has 0 spiro atoms. The second-order valence-electron chi connectivity index (χ2n) is 23.7. The number of allylic oxidation sites excluding steroid dienone is 20. The summed E-state index contributed by atoms with van der Waals surface area (Å²) in [6, 6.07) is 0. The van der Waals surface area contributed by atoms with Crippen molar-refractivity contribution in [3.63, 3.8) is 0 Å². The summed E-state index contributed by atoms with van der Waals surface area (Å²) in [6.45, 7) is 3.66. The Hall–Kier alpha value is -3.59. The number of carbonyl (C=O) groups excluding carboxylic acids is 2. The molecule has 0 bridgehead atoms. The number of carbonyl (C=O) groups is 2. The van der Waals surface area contributed by atoms with Crippen molar-refractivity contribution in [2.75, 3.05) is 26.4 Å². The van der Waals surface area contributed by atoms with Crippen LogP contribution < -0.4 is 5.73 Å². The lowest BCUT2D eigenvalue weighted by Gasteiger charge is -2.19. The van der Waals surface area contributed by atoms with Crippen molar-refractivity contribution in [2.45, 2.75) is 328 Å². The molecule has 0 aromatic rings. The van der Waals surface area contributed by atoms with Crippen molar-refractivity contribution < 1.29 is 37.6 Å². The van der Waals surface area contributed by atoms with Crippen LogP contribution in [0.1, 0.15) is 322 Å². The van der Waals surface area contributed by atoms with E-state index in [0.717, 1.165) is 109 Å². The Kier molecular flexibility index (Phi) is 68.5. The summed E-state index contributed by atoms with van der Waals surface area (Å²) in [5, 5.41) is 0. The van der Waals surface area contributed by atoms with Crippen LogP contribution in [0, 0.1) is 0 Å². The monoisotopic (exact) mass is 1230 g/mol. The second-order valence-corrected chi connectivity index (χ2v) is 25.2. The molecule has 0 aliphatic rings. The van der Waals surface area contributed by atoms with Crippen LogP contribution in [-0.2, 0) is 32.7 Å². The Bertz CT molecular complexity index is 1840. The molecule has 2 atom stereocenters. The lowest BCUT2D eigenvalue weighted by Crippen LogP contribution is -2.29. The van der Waals surface area contributed by atoms with Crippen LogP contribution in [-0.4, -0.2) is 49.3 Å². The molecule has 0 aromatic heterocycles. The minimum atomic E-state index is -4.40. The van der Waals surface area contributed by atoms with Gasteiger partial charge in [-0.05, 0) is 89.9 Å². The van der Waals surface area contributed by atoms with Crippen molar-refractivity contribution in [3.05, 3.63) is 122 Å². The Morgan fingerprint density at radius 1 is 0.356 bits per heavy atom. The van der Waals surface area contributed by atoms with E-state index in [1.165, 1.54) is 180 Å². The number of phosphoric ester groups is 1. The molecule has 3 N–H and O–H groups in total. The van der Waals surface area contributed by atoms with Crippen LogP contribution in [0.5, 0.6) is 0 Å². The quantitative estimate of drug-likeness (QED) is 0.0264. The van der Waals surface area contributed by atoms with Gasteiger partial charge in [-0.15, -0.1) is 0 Å². The average molecular weight is 1230 g/mol. The van der Waals surface area contributed by atoms with Crippen LogP contribution in [0.2, 0.25) is 0 Å². The van der Waals surface area contributed by atoms with Crippen LogP contribution >= 0.6 is 7.82 Å². The number of ether oxygens (including phenoxy) is 2. The molecule has 500 valence electrons. The Morgan fingerprint density at radius 3 is 0.943 bits per heavy atom. The third-order valence-corrected chi connectivity index (χ3v) is 16.3. The number of hydrogen-bond donors (Lipinski definition) is 2. The molecule has 0 amide bonds. The standard InChI is InChI=1S/C77H134NO8P/c1-3-5-7-9-11-13-15-17-19-21-23-25-27-29-31-32-33-34-35-36-37-38-39-40-41-42-44-46-48-50-52-54-56-58-60-62-64-66-68-70-77(80)86-75(74-85-87(81,82)84-72-71-78)73-83-76(79)69-67-65-63-61-59-57-55-53-51-49-47-45-43-30-28-26-24-22-20-18-16-14-12-10-8-6-4-2/h5,7,11,13,17,19,23,25,29,31,33-34,36-37,39-40,42,44,48,50,75H,3-4,6,8-10,12,14-16,18,20-22,24,26-28,30,32,35,38,41,43,45-47,49,51-74,78H2,1-2H3,(H,81,82)/b7-5-,13-11-,19-17-,25-23-,31-29-,34-33-,37-36-,40-39-,44-42-,50-48-. The number of esters is 2. The van der Waals surface area contributed by atoms with Crippen molar-refractivity contribution in [1.82, 2.24) is 0 Å². The zero-order chi connectivity index (χ0) is 63.0. The summed E-state index contributed by atoms with van der Waals surface area (Å²) in [7, 11) is -4.40. The van der Waals surface area contributed by atoms with E-state index in [-0.39, 0.29) is 38.6 Å². The first-order chi connectivity index (χ1) is 42.8. The minimum Gasteiger partial charge on any atom is -0.462 e. The Balaban J connectivity index is 3.93. The van der Waals surface area contributed by atoms with Gasteiger partial charge >= 0.3 is 19.8 Å². The zero-order valence-corrected chi connectivity index (χ0v) is 57.1. The van der Waals surface area contributed by atoms with Gasteiger partial charge in [0.15, 0.2) is 6.10 Å². The number of rotatable bonds is 67. The Labute approximate surface area is 536 Å². The van der Waals surface area contributed by atoms with E-state index in [9.17, 15) is 19.0 Å².